The van der Waals surface area contributed by atoms with Gasteiger partial charge in [-0.25, -0.2) is 0 Å². The Kier molecular flexibility index (Phi) is 5.45. The van der Waals surface area contributed by atoms with Gasteiger partial charge < -0.3 is 28.4 Å². The van der Waals surface area contributed by atoms with Crippen molar-refractivity contribution in [3.63, 3.8) is 0 Å². The first kappa shape index (κ1) is 19.7. The molecule has 0 radical (unpaired) electrons. The third-order valence-corrected chi connectivity index (χ3v) is 4.64. The van der Waals surface area contributed by atoms with Gasteiger partial charge in [0.15, 0.2) is 17.9 Å². The summed E-state index contributed by atoms with van der Waals surface area (Å²) in [6.45, 7) is 8.51. The average Bonchev–Trinajstić information content (AvgIpc) is 3.03. The molecule has 3 aliphatic heterocycles. The van der Waals surface area contributed by atoms with Crippen LogP contribution >= 0.6 is 0 Å². The lowest BCUT2D eigenvalue weighted by atomic mass is 9.99. The summed E-state index contributed by atoms with van der Waals surface area (Å²) < 4.78 is 36.0. The molecule has 26 heavy (non-hydrogen) atoms. The van der Waals surface area contributed by atoms with Crippen molar-refractivity contribution in [2.45, 2.75) is 84.0 Å². The van der Waals surface area contributed by atoms with Crippen molar-refractivity contribution in [1.82, 2.24) is 0 Å². The van der Waals surface area contributed by atoms with Gasteiger partial charge in [0.05, 0.1) is 13.2 Å². The Morgan fingerprint density at radius 2 is 1.46 bits per heavy atom. The first-order valence-corrected chi connectivity index (χ1v) is 8.81. The number of rotatable bonds is 4. The monoisotopic (exact) mass is 366 g/mol. The van der Waals surface area contributed by atoms with Crippen LogP contribution in [0.1, 0.15) is 40.7 Å². The summed E-state index contributed by atoms with van der Waals surface area (Å²) in [5, 5.41) is 0. The maximum atomic E-state index is 6.11. The van der Waals surface area contributed by atoms with Crippen LogP contribution in [0.3, 0.4) is 0 Å². The first-order chi connectivity index (χ1) is 11.8. The van der Waals surface area contributed by atoms with Crippen molar-refractivity contribution in [3.8, 4) is 0 Å². The molecule has 0 bridgehead atoms. The molecule has 146 valence electrons. The zero-order chi connectivity index (χ0) is 17.7. The molecule has 5 atom stereocenters. The average molecular weight is 366 g/mol. The van der Waals surface area contributed by atoms with Crippen LogP contribution < -0.4 is 0 Å². The minimum absolute atomic E-state index is 0. The first-order valence-electron chi connectivity index (χ1n) is 8.81. The van der Waals surface area contributed by atoms with Gasteiger partial charge >= 0.3 is 0 Å². The van der Waals surface area contributed by atoms with Crippen LogP contribution in [-0.4, -0.2) is 48.9 Å². The molecule has 0 amide bonds. The molecule has 1 unspecified atom stereocenters. The highest BCUT2D eigenvalue weighted by Crippen LogP contribution is 2.44. The summed E-state index contributed by atoms with van der Waals surface area (Å²) >= 11 is 0. The number of hydrogen-bond acceptors (Lipinski definition) is 6. The molecular formula is C20H30O6. The minimum atomic E-state index is -0.699. The lowest BCUT2D eigenvalue weighted by Gasteiger charge is -2.37. The lowest BCUT2D eigenvalue weighted by Crippen LogP contribution is -2.56. The fourth-order valence-electron chi connectivity index (χ4n) is 3.69. The van der Waals surface area contributed by atoms with Gasteiger partial charge in [0.1, 0.15) is 24.4 Å². The Labute approximate surface area is 155 Å². The number of ether oxygens (including phenoxy) is 6. The Balaban J connectivity index is 0.00000196. The van der Waals surface area contributed by atoms with Gasteiger partial charge in [-0.3, -0.25) is 0 Å². The summed E-state index contributed by atoms with van der Waals surface area (Å²) in [5.74, 6) is -1.38. The summed E-state index contributed by atoms with van der Waals surface area (Å²) in [5.41, 5.74) is 1.12. The zero-order valence-corrected chi connectivity index (χ0v) is 15.1. The SMILES string of the molecule is C.CC1(C)O[C@@H]2OC(COCc3ccccc3)[C@H]3OC(C)(C)O[C@H]3[C@@H]2O1. The quantitative estimate of drug-likeness (QED) is 0.815. The summed E-state index contributed by atoms with van der Waals surface area (Å²) in [7, 11) is 0. The van der Waals surface area contributed by atoms with Crippen LogP contribution in [0.15, 0.2) is 30.3 Å². The van der Waals surface area contributed by atoms with Crippen molar-refractivity contribution < 1.29 is 28.4 Å². The molecule has 0 saturated carbocycles. The van der Waals surface area contributed by atoms with Crippen LogP contribution in [0.2, 0.25) is 0 Å². The molecule has 1 aromatic carbocycles. The molecule has 1 aromatic rings. The van der Waals surface area contributed by atoms with E-state index in [1.54, 1.807) is 0 Å². The standard InChI is InChI=1S/C19H26O6.CH4/c1-18(2)22-14-13(11-20-10-12-8-6-5-7-9-12)21-17-16(15(14)23-18)24-19(3,4)25-17;/h5-9,13-17H,10-11H2,1-4H3;1H4/t13?,14-,15-,16+,17+;/m1./s1. The molecule has 3 fully saturated rings. The molecule has 6 nitrogen and oxygen atoms in total. The van der Waals surface area contributed by atoms with Crippen molar-refractivity contribution >= 4 is 0 Å². The van der Waals surface area contributed by atoms with E-state index in [4.69, 9.17) is 28.4 Å². The van der Waals surface area contributed by atoms with Gasteiger partial charge in [-0.05, 0) is 33.3 Å². The Bertz CT molecular complexity index is 602. The predicted molar refractivity (Wildman–Crippen MR) is 95.4 cm³/mol. The van der Waals surface area contributed by atoms with E-state index in [-0.39, 0.29) is 31.8 Å². The van der Waals surface area contributed by atoms with E-state index in [1.807, 2.05) is 58.0 Å². The van der Waals surface area contributed by atoms with Crippen LogP contribution in [0.4, 0.5) is 0 Å². The number of hydrogen-bond donors (Lipinski definition) is 0. The van der Waals surface area contributed by atoms with E-state index in [2.05, 4.69) is 0 Å². The van der Waals surface area contributed by atoms with Gasteiger partial charge in [0.25, 0.3) is 0 Å². The number of fused-ring (bicyclic) bond motifs is 3. The Morgan fingerprint density at radius 3 is 2.19 bits per heavy atom. The molecule has 0 aliphatic carbocycles. The van der Waals surface area contributed by atoms with Gasteiger partial charge in [-0.1, -0.05) is 37.8 Å². The highest BCUT2D eigenvalue weighted by molar-refractivity contribution is 5.13. The highest BCUT2D eigenvalue weighted by Gasteiger charge is 2.60. The summed E-state index contributed by atoms with van der Waals surface area (Å²) in [6.07, 6.45) is -1.52. The second-order valence-electron chi connectivity index (χ2n) is 7.71. The summed E-state index contributed by atoms with van der Waals surface area (Å²) in [6, 6.07) is 10.1. The van der Waals surface area contributed by atoms with Crippen LogP contribution in [0.5, 0.6) is 0 Å². The summed E-state index contributed by atoms with van der Waals surface area (Å²) in [4.78, 5) is 0. The molecule has 0 spiro atoms. The molecule has 4 rings (SSSR count). The molecule has 0 aromatic heterocycles. The third-order valence-electron chi connectivity index (χ3n) is 4.64. The fraction of sp³-hybridized carbons (Fsp3) is 0.700. The fourth-order valence-corrected chi connectivity index (χ4v) is 3.69. The second-order valence-corrected chi connectivity index (χ2v) is 7.71. The third kappa shape index (κ3) is 3.96. The van der Waals surface area contributed by atoms with Gasteiger partial charge in [0, 0.05) is 0 Å². The smallest absolute Gasteiger partial charge is 0.190 e. The zero-order valence-electron chi connectivity index (χ0n) is 15.1. The van der Waals surface area contributed by atoms with Crippen molar-refractivity contribution in [2.24, 2.45) is 0 Å². The van der Waals surface area contributed by atoms with E-state index in [1.165, 1.54) is 0 Å². The second kappa shape index (κ2) is 7.19. The largest absolute Gasteiger partial charge is 0.374 e. The van der Waals surface area contributed by atoms with Gasteiger partial charge in [-0.15, -0.1) is 0 Å². The highest BCUT2D eigenvalue weighted by atomic mass is 16.9. The maximum absolute atomic E-state index is 6.11. The predicted octanol–water partition coefficient (Wildman–Crippen LogP) is 3.24. The number of benzene rings is 1. The molecular weight excluding hydrogens is 336 g/mol. The van der Waals surface area contributed by atoms with Gasteiger partial charge in [0.2, 0.25) is 0 Å². The molecule has 6 heteroatoms. The van der Waals surface area contributed by atoms with Crippen molar-refractivity contribution in [1.29, 1.82) is 0 Å². The van der Waals surface area contributed by atoms with Crippen LogP contribution in [-0.2, 0) is 35.0 Å². The normalized spacial score (nSPS) is 36.8. The lowest BCUT2D eigenvalue weighted by molar-refractivity contribution is -0.243. The van der Waals surface area contributed by atoms with Crippen LogP contribution in [0.25, 0.3) is 0 Å². The molecule has 3 aliphatic rings. The van der Waals surface area contributed by atoms with E-state index < -0.39 is 17.9 Å². The molecule has 0 N–H and O–H groups in total. The van der Waals surface area contributed by atoms with Crippen molar-refractivity contribution in [2.75, 3.05) is 6.61 Å². The Morgan fingerprint density at radius 1 is 0.846 bits per heavy atom. The van der Waals surface area contributed by atoms with E-state index >= 15 is 0 Å². The van der Waals surface area contributed by atoms with Crippen molar-refractivity contribution in [3.05, 3.63) is 35.9 Å². The molecule has 3 heterocycles. The minimum Gasteiger partial charge on any atom is -0.374 e. The topological polar surface area (TPSA) is 55.4 Å². The molecule has 3 saturated heterocycles. The van der Waals surface area contributed by atoms with E-state index in [0.717, 1.165) is 5.56 Å². The van der Waals surface area contributed by atoms with Gasteiger partial charge in [-0.2, -0.15) is 0 Å². The van der Waals surface area contributed by atoms with E-state index in [9.17, 15) is 0 Å². The Hall–Kier alpha value is -1.02. The maximum Gasteiger partial charge on any atom is 0.190 e. The van der Waals surface area contributed by atoms with Crippen LogP contribution in [0, 0.1) is 0 Å². The van der Waals surface area contributed by atoms with E-state index in [0.29, 0.717) is 13.2 Å².